The van der Waals surface area contributed by atoms with E-state index in [0.717, 1.165) is 22.9 Å². The van der Waals surface area contributed by atoms with Crippen molar-refractivity contribution in [2.24, 2.45) is 0 Å². The molecule has 0 amide bonds. The fraction of sp³-hybridized carbons (Fsp3) is 0.312. The van der Waals surface area contributed by atoms with Crippen LogP contribution in [0, 0.1) is 25.2 Å². The summed E-state index contributed by atoms with van der Waals surface area (Å²) in [4.78, 5) is 42.1. The molecule has 0 aliphatic carbocycles. The second-order valence-electron chi connectivity index (χ2n) is 5.24. The monoisotopic (exact) mass is 329 g/mol. The van der Waals surface area contributed by atoms with Crippen molar-refractivity contribution in [3.05, 3.63) is 39.4 Å². The van der Waals surface area contributed by atoms with Crippen molar-refractivity contribution in [1.29, 1.82) is 5.26 Å². The molecule has 1 atom stereocenters. The molecular weight excluding hydrogens is 314 g/mol. The predicted molar refractivity (Wildman–Crippen MR) is 88.3 cm³/mol. The number of nitrogens with zero attached hydrogens (tertiary/aromatic N) is 2. The number of rotatable bonds is 4. The molecule has 0 aliphatic rings. The van der Waals surface area contributed by atoms with Crippen LogP contribution >= 0.6 is 11.8 Å². The van der Waals surface area contributed by atoms with E-state index in [-0.39, 0.29) is 22.3 Å². The maximum atomic E-state index is 12.2. The molecular formula is C16H15N3O3S. The normalized spacial score (nSPS) is 11.9. The molecule has 0 radical (unpaired) electrons. The summed E-state index contributed by atoms with van der Waals surface area (Å²) in [6, 6.07) is 5.46. The minimum absolute atomic E-state index is 0.0195. The lowest BCUT2D eigenvalue weighted by molar-refractivity contribution is -0.117. The van der Waals surface area contributed by atoms with Crippen LogP contribution < -0.4 is 5.56 Å². The minimum atomic E-state index is -1.19. The summed E-state index contributed by atoms with van der Waals surface area (Å²) in [6.45, 7) is 5.04. The lowest BCUT2D eigenvalue weighted by atomic mass is 10.0. The minimum Gasteiger partial charge on any atom is -0.308 e. The number of ketones is 1. The number of nitrogens with one attached hydrogen (secondary N) is 1. The van der Waals surface area contributed by atoms with Gasteiger partial charge in [-0.3, -0.25) is 14.4 Å². The van der Waals surface area contributed by atoms with Crippen molar-refractivity contribution < 1.29 is 9.59 Å². The highest BCUT2D eigenvalue weighted by atomic mass is 32.2. The third kappa shape index (κ3) is 3.66. The Balaban J connectivity index is 2.50. The number of nitriles is 1. The van der Waals surface area contributed by atoms with Crippen molar-refractivity contribution in [3.63, 3.8) is 0 Å². The first-order valence-corrected chi connectivity index (χ1v) is 7.89. The highest BCUT2D eigenvalue weighted by Crippen LogP contribution is 2.19. The molecule has 7 heteroatoms. The van der Waals surface area contributed by atoms with Crippen LogP contribution in [0.25, 0.3) is 10.9 Å². The second kappa shape index (κ2) is 6.75. The van der Waals surface area contributed by atoms with Crippen LogP contribution in [0.1, 0.15) is 29.8 Å². The molecule has 1 aromatic carbocycles. The largest absolute Gasteiger partial charge is 0.308 e. The lowest BCUT2D eigenvalue weighted by Gasteiger charge is -2.09. The Morgan fingerprint density at radius 2 is 2.09 bits per heavy atom. The van der Waals surface area contributed by atoms with E-state index in [1.165, 1.54) is 6.92 Å². The van der Waals surface area contributed by atoms with Crippen LogP contribution in [-0.2, 0) is 9.59 Å². The third-order valence-electron chi connectivity index (χ3n) is 3.31. The highest BCUT2D eigenvalue weighted by molar-refractivity contribution is 8.14. The second-order valence-corrected chi connectivity index (χ2v) is 6.39. The zero-order valence-electron chi connectivity index (χ0n) is 13.0. The Hall–Kier alpha value is -2.46. The maximum absolute atomic E-state index is 12.2. The fourth-order valence-corrected chi connectivity index (χ4v) is 2.80. The van der Waals surface area contributed by atoms with Gasteiger partial charge in [-0.25, -0.2) is 4.98 Å². The summed E-state index contributed by atoms with van der Waals surface area (Å²) in [5, 5.41) is 9.48. The number of carbonyl (C=O) groups excluding carboxylic acids is 2. The van der Waals surface area contributed by atoms with Gasteiger partial charge < -0.3 is 4.98 Å². The number of aryl methyl sites for hydroxylation is 2. The third-order valence-corrected chi connectivity index (χ3v) is 4.14. The Morgan fingerprint density at radius 1 is 1.39 bits per heavy atom. The number of Topliss-reactive ketones (excluding diaryl/α,β-unsaturated/α-hetero) is 1. The van der Waals surface area contributed by atoms with E-state index in [9.17, 15) is 19.6 Å². The summed E-state index contributed by atoms with van der Waals surface area (Å²) in [5.74, 6) is -1.76. The lowest BCUT2D eigenvalue weighted by Crippen LogP contribution is -2.21. The molecule has 1 N–H and O–H groups in total. The molecule has 0 bridgehead atoms. The van der Waals surface area contributed by atoms with Gasteiger partial charge >= 0.3 is 0 Å². The van der Waals surface area contributed by atoms with Crippen LogP contribution in [0.2, 0.25) is 0 Å². The zero-order valence-corrected chi connectivity index (χ0v) is 13.8. The summed E-state index contributed by atoms with van der Waals surface area (Å²) in [7, 11) is 0. The number of aromatic amines is 1. The van der Waals surface area contributed by atoms with Crippen molar-refractivity contribution >= 4 is 33.6 Å². The Labute approximate surface area is 136 Å². The van der Waals surface area contributed by atoms with Gasteiger partial charge in [-0.1, -0.05) is 17.8 Å². The van der Waals surface area contributed by atoms with Crippen molar-refractivity contribution in [3.8, 4) is 6.07 Å². The quantitative estimate of drug-likeness (QED) is 0.920. The molecule has 1 aromatic heterocycles. The summed E-state index contributed by atoms with van der Waals surface area (Å²) >= 11 is 0.831. The fourth-order valence-electron chi connectivity index (χ4n) is 2.29. The van der Waals surface area contributed by atoms with E-state index >= 15 is 0 Å². The van der Waals surface area contributed by atoms with Gasteiger partial charge in [-0.05, 0) is 31.0 Å². The molecule has 2 aromatic rings. The average molecular weight is 329 g/mol. The van der Waals surface area contributed by atoms with Gasteiger partial charge in [-0.2, -0.15) is 5.26 Å². The van der Waals surface area contributed by atoms with E-state index in [2.05, 4.69) is 9.97 Å². The van der Waals surface area contributed by atoms with E-state index in [4.69, 9.17) is 0 Å². The summed E-state index contributed by atoms with van der Waals surface area (Å²) in [5.41, 5.74) is 1.82. The van der Waals surface area contributed by atoms with Gasteiger partial charge in [0.1, 0.15) is 5.82 Å². The van der Waals surface area contributed by atoms with Gasteiger partial charge in [0.25, 0.3) is 5.56 Å². The Morgan fingerprint density at radius 3 is 2.70 bits per heavy atom. The van der Waals surface area contributed by atoms with Gasteiger partial charge in [-0.15, -0.1) is 0 Å². The number of aromatic nitrogens is 2. The average Bonchev–Trinajstić information content (AvgIpc) is 2.47. The van der Waals surface area contributed by atoms with Gasteiger partial charge in [0.2, 0.25) is 0 Å². The van der Waals surface area contributed by atoms with Crippen LogP contribution in [0.3, 0.4) is 0 Å². The topological polar surface area (TPSA) is 104 Å². The van der Waals surface area contributed by atoms with E-state index < -0.39 is 11.7 Å². The molecule has 0 unspecified atom stereocenters. The number of benzene rings is 1. The number of thioether (sulfide) groups is 1. The molecule has 23 heavy (non-hydrogen) atoms. The number of fused-ring (bicyclic) bond motifs is 1. The molecule has 1 heterocycles. The van der Waals surface area contributed by atoms with Crippen LogP contribution in [0.4, 0.5) is 0 Å². The zero-order chi connectivity index (χ0) is 17.1. The molecule has 0 saturated carbocycles. The molecule has 0 spiro atoms. The first kappa shape index (κ1) is 16.9. The van der Waals surface area contributed by atoms with Crippen molar-refractivity contribution in [1.82, 2.24) is 9.97 Å². The van der Waals surface area contributed by atoms with Crippen molar-refractivity contribution in [2.45, 2.75) is 26.7 Å². The van der Waals surface area contributed by atoms with Gasteiger partial charge in [0, 0.05) is 6.92 Å². The molecule has 6 nitrogen and oxygen atoms in total. The summed E-state index contributed by atoms with van der Waals surface area (Å²) in [6.07, 6.45) is 0. The molecule has 0 saturated heterocycles. The van der Waals surface area contributed by atoms with Crippen LogP contribution in [0.15, 0.2) is 16.9 Å². The Bertz CT molecular complexity index is 896. The first-order chi connectivity index (χ1) is 10.8. The van der Waals surface area contributed by atoms with Crippen LogP contribution in [0.5, 0.6) is 0 Å². The number of H-pyrrole nitrogens is 1. The maximum Gasteiger partial charge on any atom is 0.258 e. The smallest absolute Gasteiger partial charge is 0.258 e. The van der Waals surface area contributed by atoms with E-state index in [1.54, 1.807) is 6.07 Å². The van der Waals surface area contributed by atoms with Gasteiger partial charge in [0.15, 0.2) is 16.8 Å². The van der Waals surface area contributed by atoms with Crippen molar-refractivity contribution in [2.75, 3.05) is 5.75 Å². The number of hydrogen-bond donors (Lipinski definition) is 1. The molecule has 0 aliphatic heterocycles. The Kier molecular flexibility index (Phi) is 4.96. The molecule has 118 valence electrons. The highest BCUT2D eigenvalue weighted by Gasteiger charge is 2.24. The standard InChI is InChI=1S/C16H15N3O3S/c1-8-4-9(2)14-11(5-8)16(22)19-15(18-14)12(6-17)13(21)7-23-10(3)20/h4-5,12H,7H2,1-3H3,(H,18,19,22)/t12-/m1/s1. The number of hydrogen-bond acceptors (Lipinski definition) is 6. The van der Waals surface area contributed by atoms with E-state index in [0.29, 0.717) is 10.9 Å². The van der Waals surface area contributed by atoms with E-state index in [1.807, 2.05) is 26.0 Å². The predicted octanol–water partition coefficient (Wildman–Crippen LogP) is 2.00. The van der Waals surface area contributed by atoms with Gasteiger partial charge in [0.05, 0.1) is 22.7 Å². The van der Waals surface area contributed by atoms with Crippen LogP contribution in [-0.4, -0.2) is 26.6 Å². The first-order valence-electron chi connectivity index (χ1n) is 6.90. The molecule has 2 rings (SSSR count). The SMILES string of the molecule is CC(=O)SCC(=O)[C@@H](C#N)c1nc2c(C)cc(C)cc2c(=O)[nH]1. The summed E-state index contributed by atoms with van der Waals surface area (Å²) < 4.78 is 0. The number of carbonyl (C=O) groups is 2. The molecule has 0 fully saturated rings.